The Kier molecular flexibility index (Phi) is 1.90. The van der Waals surface area contributed by atoms with Gasteiger partial charge in [-0.3, -0.25) is 4.90 Å². The molecule has 2 fully saturated rings. The van der Waals surface area contributed by atoms with Crippen LogP contribution in [0.5, 0.6) is 0 Å². The van der Waals surface area contributed by atoms with Crippen LogP contribution in [0.15, 0.2) is 0 Å². The Labute approximate surface area is 73.9 Å². The van der Waals surface area contributed by atoms with E-state index in [0.29, 0.717) is 18.5 Å². The quantitative estimate of drug-likeness (QED) is 0.629. The van der Waals surface area contributed by atoms with E-state index in [1.165, 1.54) is 6.42 Å². The SMILES string of the molecule is CC(C)C1CCN1CC1(F)CC1. The molecule has 2 heteroatoms. The maximum absolute atomic E-state index is 13.4. The molecule has 0 radical (unpaired) electrons. The number of hydrogen-bond acceptors (Lipinski definition) is 1. The predicted molar refractivity (Wildman–Crippen MR) is 47.9 cm³/mol. The average molecular weight is 171 g/mol. The predicted octanol–water partition coefficient (Wildman–Crippen LogP) is 2.22. The van der Waals surface area contributed by atoms with Gasteiger partial charge in [-0.2, -0.15) is 0 Å². The van der Waals surface area contributed by atoms with Gasteiger partial charge in [0.25, 0.3) is 0 Å². The van der Waals surface area contributed by atoms with Gasteiger partial charge in [0.05, 0.1) is 0 Å². The van der Waals surface area contributed by atoms with Gasteiger partial charge in [-0.1, -0.05) is 13.8 Å². The van der Waals surface area contributed by atoms with Crippen LogP contribution in [0.4, 0.5) is 4.39 Å². The highest BCUT2D eigenvalue weighted by Crippen LogP contribution is 2.42. The molecule has 0 aromatic carbocycles. The summed E-state index contributed by atoms with van der Waals surface area (Å²) in [5.74, 6) is 0.695. The van der Waals surface area contributed by atoms with Crippen LogP contribution in [0.1, 0.15) is 33.1 Å². The Morgan fingerprint density at radius 1 is 1.50 bits per heavy atom. The molecule has 0 amide bonds. The molecular formula is C10H18FN. The standard InChI is InChI=1S/C10H18FN/c1-8(2)9-3-6-12(9)7-10(11)4-5-10/h8-9H,3-7H2,1-2H3. The Morgan fingerprint density at radius 2 is 2.17 bits per heavy atom. The number of hydrogen-bond donors (Lipinski definition) is 0. The van der Waals surface area contributed by atoms with E-state index in [9.17, 15) is 4.39 Å². The van der Waals surface area contributed by atoms with Crippen LogP contribution in [-0.4, -0.2) is 29.7 Å². The molecule has 1 heterocycles. The highest BCUT2D eigenvalue weighted by Gasteiger charge is 2.47. The third-order valence-electron chi connectivity index (χ3n) is 3.23. The van der Waals surface area contributed by atoms with Crippen molar-refractivity contribution < 1.29 is 4.39 Å². The number of rotatable bonds is 3. The molecular weight excluding hydrogens is 153 g/mol. The highest BCUT2D eigenvalue weighted by molar-refractivity contribution is 5.00. The van der Waals surface area contributed by atoms with Gasteiger partial charge in [0.15, 0.2) is 0 Å². The van der Waals surface area contributed by atoms with Crippen molar-refractivity contribution in [2.45, 2.75) is 44.8 Å². The fraction of sp³-hybridized carbons (Fsp3) is 1.00. The molecule has 1 aliphatic heterocycles. The smallest absolute Gasteiger partial charge is 0.123 e. The molecule has 0 bridgehead atoms. The lowest BCUT2D eigenvalue weighted by atomic mass is 9.91. The van der Waals surface area contributed by atoms with E-state index in [1.54, 1.807) is 0 Å². The summed E-state index contributed by atoms with van der Waals surface area (Å²) in [6.45, 7) is 6.29. The van der Waals surface area contributed by atoms with E-state index < -0.39 is 5.67 Å². The van der Waals surface area contributed by atoms with Crippen LogP contribution in [0.25, 0.3) is 0 Å². The minimum atomic E-state index is -0.784. The van der Waals surface area contributed by atoms with Gasteiger partial charge in [0, 0.05) is 19.1 Å². The highest BCUT2D eigenvalue weighted by atomic mass is 19.1. The fourth-order valence-electron chi connectivity index (χ4n) is 2.07. The summed E-state index contributed by atoms with van der Waals surface area (Å²) in [7, 11) is 0. The third kappa shape index (κ3) is 1.49. The second kappa shape index (κ2) is 2.69. The van der Waals surface area contributed by atoms with Crippen LogP contribution in [0.2, 0.25) is 0 Å². The van der Waals surface area contributed by atoms with Gasteiger partial charge in [-0.15, -0.1) is 0 Å². The monoisotopic (exact) mass is 171 g/mol. The van der Waals surface area contributed by atoms with Crippen LogP contribution < -0.4 is 0 Å². The van der Waals surface area contributed by atoms with Crippen molar-refractivity contribution in [3.05, 3.63) is 0 Å². The second-order valence-corrected chi connectivity index (χ2v) is 4.72. The average Bonchev–Trinajstić information content (AvgIpc) is 2.61. The van der Waals surface area contributed by atoms with Crippen molar-refractivity contribution in [1.82, 2.24) is 4.90 Å². The summed E-state index contributed by atoms with van der Waals surface area (Å²) in [5, 5.41) is 0. The van der Waals surface area contributed by atoms with E-state index in [4.69, 9.17) is 0 Å². The second-order valence-electron chi connectivity index (χ2n) is 4.72. The van der Waals surface area contributed by atoms with Gasteiger partial charge in [0.2, 0.25) is 0 Å². The zero-order valence-electron chi connectivity index (χ0n) is 8.02. The van der Waals surface area contributed by atoms with Gasteiger partial charge < -0.3 is 0 Å². The van der Waals surface area contributed by atoms with E-state index in [-0.39, 0.29) is 0 Å². The molecule has 0 spiro atoms. The third-order valence-corrected chi connectivity index (χ3v) is 3.23. The Balaban J connectivity index is 1.81. The van der Waals surface area contributed by atoms with Crippen LogP contribution >= 0.6 is 0 Å². The summed E-state index contributed by atoms with van der Waals surface area (Å²) >= 11 is 0. The normalized spacial score (nSPS) is 33.5. The molecule has 1 unspecified atom stereocenters. The van der Waals surface area contributed by atoms with Crippen LogP contribution in [0.3, 0.4) is 0 Å². The first-order valence-corrected chi connectivity index (χ1v) is 5.04. The lowest BCUT2D eigenvalue weighted by Crippen LogP contribution is -2.53. The first kappa shape index (κ1) is 8.49. The molecule has 70 valence electrons. The maximum Gasteiger partial charge on any atom is 0.123 e. The Bertz CT molecular complexity index is 175. The fourth-order valence-corrected chi connectivity index (χ4v) is 2.07. The minimum absolute atomic E-state index is 0.665. The van der Waals surface area contributed by atoms with Crippen molar-refractivity contribution in [3.63, 3.8) is 0 Å². The van der Waals surface area contributed by atoms with Crippen LogP contribution in [-0.2, 0) is 0 Å². The molecule has 0 aromatic heterocycles. The number of halogens is 1. The number of likely N-dealkylation sites (tertiary alicyclic amines) is 1. The van der Waals surface area contributed by atoms with Crippen molar-refractivity contribution in [2.24, 2.45) is 5.92 Å². The topological polar surface area (TPSA) is 3.24 Å². The van der Waals surface area contributed by atoms with E-state index in [0.717, 1.165) is 19.4 Å². The molecule has 2 aliphatic rings. The van der Waals surface area contributed by atoms with Crippen molar-refractivity contribution >= 4 is 0 Å². The minimum Gasteiger partial charge on any atom is -0.297 e. The first-order chi connectivity index (χ1) is 5.61. The van der Waals surface area contributed by atoms with Gasteiger partial charge in [-0.25, -0.2) is 4.39 Å². The molecule has 1 aliphatic carbocycles. The number of alkyl halides is 1. The Morgan fingerprint density at radius 3 is 2.50 bits per heavy atom. The summed E-state index contributed by atoms with van der Waals surface area (Å²) < 4.78 is 13.4. The molecule has 0 N–H and O–H groups in total. The largest absolute Gasteiger partial charge is 0.297 e. The van der Waals surface area contributed by atoms with E-state index in [1.807, 2.05) is 0 Å². The summed E-state index contributed by atoms with van der Waals surface area (Å²) in [6.07, 6.45) is 2.87. The molecule has 1 atom stereocenters. The summed E-state index contributed by atoms with van der Waals surface area (Å²) in [5.41, 5.74) is -0.784. The van der Waals surface area contributed by atoms with Gasteiger partial charge in [0.1, 0.15) is 5.67 Å². The number of nitrogens with zero attached hydrogens (tertiary/aromatic N) is 1. The maximum atomic E-state index is 13.4. The molecule has 12 heavy (non-hydrogen) atoms. The molecule has 1 nitrogen and oxygen atoms in total. The van der Waals surface area contributed by atoms with E-state index in [2.05, 4.69) is 18.7 Å². The summed E-state index contributed by atoms with van der Waals surface area (Å²) in [4.78, 5) is 2.32. The van der Waals surface area contributed by atoms with Crippen molar-refractivity contribution in [1.29, 1.82) is 0 Å². The van der Waals surface area contributed by atoms with Gasteiger partial charge in [-0.05, 0) is 25.2 Å². The summed E-state index contributed by atoms with van der Waals surface area (Å²) in [6, 6.07) is 0.665. The van der Waals surface area contributed by atoms with Crippen molar-refractivity contribution in [2.75, 3.05) is 13.1 Å². The van der Waals surface area contributed by atoms with Crippen molar-refractivity contribution in [3.8, 4) is 0 Å². The van der Waals surface area contributed by atoms with Crippen LogP contribution in [0, 0.1) is 5.92 Å². The van der Waals surface area contributed by atoms with Gasteiger partial charge >= 0.3 is 0 Å². The van der Waals surface area contributed by atoms with E-state index >= 15 is 0 Å². The first-order valence-electron chi connectivity index (χ1n) is 5.04. The molecule has 1 saturated carbocycles. The zero-order chi connectivity index (χ0) is 8.77. The zero-order valence-corrected chi connectivity index (χ0v) is 8.02. The lowest BCUT2D eigenvalue weighted by Gasteiger charge is -2.44. The Hall–Kier alpha value is -0.110. The molecule has 1 saturated heterocycles. The molecule has 0 aromatic rings. The lowest BCUT2D eigenvalue weighted by molar-refractivity contribution is 0.0266. The molecule has 2 rings (SSSR count).